The summed E-state index contributed by atoms with van der Waals surface area (Å²) in [5, 5.41) is 0. The number of aryl methyl sites for hydroxylation is 2. The molecular weight excluding hydrogens is 396 g/mol. The maximum atomic E-state index is 12.9. The van der Waals surface area contributed by atoms with E-state index in [9.17, 15) is 13.2 Å². The highest BCUT2D eigenvalue weighted by Crippen LogP contribution is 2.19. The number of hydrogen-bond donors (Lipinski definition) is 1. The Kier molecular flexibility index (Phi) is 6.70. The molecule has 3 aromatic rings. The first-order chi connectivity index (χ1) is 14.3. The number of carbonyl (C=O) groups is 1. The van der Waals surface area contributed by atoms with Crippen LogP contribution in [0.2, 0.25) is 0 Å². The van der Waals surface area contributed by atoms with Crippen LogP contribution in [0.5, 0.6) is 0 Å². The van der Waals surface area contributed by atoms with E-state index in [0.717, 1.165) is 16.7 Å². The summed E-state index contributed by atoms with van der Waals surface area (Å²) >= 11 is 0. The van der Waals surface area contributed by atoms with Crippen molar-refractivity contribution in [2.24, 2.45) is 0 Å². The van der Waals surface area contributed by atoms with E-state index in [2.05, 4.69) is 4.72 Å². The van der Waals surface area contributed by atoms with Gasteiger partial charge < -0.3 is 4.90 Å². The van der Waals surface area contributed by atoms with E-state index < -0.39 is 10.0 Å². The minimum Gasteiger partial charge on any atom is -0.337 e. The standard InChI is InChI=1S/C24H26N2O3S/c1-18-9-12-21(13-10-18)17-26(3)24(27)22-14-11-19(2)23(15-22)30(28,29)25-16-20-7-5-4-6-8-20/h4-15,25H,16-17H2,1-3H3. The maximum Gasteiger partial charge on any atom is 0.253 e. The summed E-state index contributed by atoms with van der Waals surface area (Å²) in [5.41, 5.74) is 3.97. The largest absolute Gasteiger partial charge is 0.337 e. The molecule has 0 unspecified atom stereocenters. The van der Waals surface area contributed by atoms with Gasteiger partial charge in [0.2, 0.25) is 10.0 Å². The van der Waals surface area contributed by atoms with Crippen LogP contribution in [0, 0.1) is 13.8 Å². The van der Waals surface area contributed by atoms with Crippen LogP contribution in [0.1, 0.15) is 32.6 Å². The Balaban J connectivity index is 1.77. The van der Waals surface area contributed by atoms with Crippen molar-refractivity contribution in [1.29, 1.82) is 0 Å². The Bertz CT molecular complexity index is 1120. The zero-order valence-electron chi connectivity index (χ0n) is 17.4. The van der Waals surface area contributed by atoms with E-state index in [4.69, 9.17) is 0 Å². The molecule has 1 N–H and O–H groups in total. The molecule has 0 aliphatic heterocycles. The fourth-order valence-corrected chi connectivity index (χ4v) is 4.42. The molecule has 0 saturated heterocycles. The number of amides is 1. The average molecular weight is 423 g/mol. The first-order valence-electron chi connectivity index (χ1n) is 9.71. The molecule has 156 valence electrons. The third-order valence-electron chi connectivity index (χ3n) is 4.92. The van der Waals surface area contributed by atoms with E-state index >= 15 is 0 Å². The molecule has 0 aromatic heterocycles. The molecule has 3 aromatic carbocycles. The topological polar surface area (TPSA) is 66.5 Å². The Morgan fingerprint density at radius 3 is 2.23 bits per heavy atom. The van der Waals surface area contributed by atoms with Gasteiger partial charge in [-0.15, -0.1) is 0 Å². The zero-order chi connectivity index (χ0) is 21.7. The van der Waals surface area contributed by atoms with Crippen LogP contribution in [0.4, 0.5) is 0 Å². The van der Waals surface area contributed by atoms with Gasteiger partial charge in [-0.1, -0.05) is 66.2 Å². The highest BCUT2D eigenvalue weighted by atomic mass is 32.2. The second-order valence-electron chi connectivity index (χ2n) is 7.44. The van der Waals surface area contributed by atoms with Gasteiger partial charge in [0, 0.05) is 25.7 Å². The first kappa shape index (κ1) is 21.7. The van der Waals surface area contributed by atoms with E-state index in [-0.39, 0.29) is 17.3 Å². The molecular formula is C24H26N2O3S. The molecule has 3 rings (SSSR count). The summed E-state index contributed by atoms with van der Waals surface area (Å²) in [6, 6.07) is 22.1. The van der Waals surface area contributed by atoms with Crippen molar-refractivity contribution >= 4 is 15.9 Å². The predicted octanol–water partition coefficient (Wildman–Crippen LogP) is 4.05. The van der Waals surface area contributed by atoms with Gasteiger partial charge in [0.15, 0.2) is 0 Å². The van der Waals surface area contributed by atoms with Gasteiger partial charge in [0.25, 0.3) is 5.91 Å². The van der Waals surface area contributed by atoms with Crippen molar-refractivity contribution in [2.45, 2.75) is 31.8 Å². The lowest BCUT2D eigenvalue weighted by atomic mass is 10.1. The van der Waals surface area contributed by atoms with Crippen LogP contribution < -0.4 is 4.72 Å². The molecule has 6 heteroatoms. The van der Waals surface area contributed by atoms with Crippen molar-refractivity contribution in [2.75, 3.05) is 7.05 Å². The van der Waals surface area contributed by atoms with E-state index in [1.54, 1.807) is 31.0 Å². The summed E-state index contributed by atoms with van der Waals surface area (Å²) < 4.78 is 28.3. The molecule has 0 heterocycles. The summed E-state index contributed by atoms with van der Waals surface area (Å²) in [5.74, 6) is -0.227. The second kappa shape index (κ2) is 9.24. The van der Waals surface area contributed by atoms with Crippen LogP contribution in [0.15, 0.2) is 77.7 Å². The van der Waals surface area contributed by atoms with Crippen molar-refractivity contribution < 1.29 is 13.2 Å². The van der Waals surface area contributed by atoms with Gasteiger partial charge in [-0.3, -0.25) is 4.79 Å². The molecule has 0 radical (unpaired) electrons. The van der Waals surface area contributed by atoms with Gasteiger partial charge in [0.05, 0.1) is 4.90 Å². The molecule has 0 aliphatic carbocycles. The summed E-state index contributed by atoms with van der Waals surface area (Å²) in [7, 11) is -2.04. The lowest BCUT2D eigenvalue weighted by Gasteiger charge is -2.18. The normalized spacial score (nSPS) is 11.3. The van der Waals surface area contributed by atoms with E-state index in [0.29, 0.717) is 17.7 Å². The SMILES string of the molecule is Cc1ccc(CN(C)C(=O)c2ccc(C)c(S(=O)(=O)NCc3ccccc3)c2)cc1. The third-order valence-corrected chi connectivity index (χ3v) is 6.46. The molecule has 0 spiro atoms. The van der Waals surface area contributed by atoms with Gasteiger partial charge in [-0.2, -0.15) is 0 Å². The molecule has 5 nitrogen and oxygen atoms in total. The molecule has 0 saturated carbocycles. The number of benzene rings is 3. The lowest BCUT2D eigenvalue weighted by molar-refractivity contribution is 0.0785. The van der Waals surface area contributed by atoms with E-state index in [1.165, 1.54) is 6.07 Å². The zero-order valence-corrected chi connectivity index (χ0v) is 18.2. The molecule has 1 amide bonds. The van der Waals surface area contributed by atoms with Crippen LogP contribution in [-0.2, 0) is 23.1 Å². The summed E-state index contributed by atoms with van der Waals surface area (Å²) in [4.78, 5) is 14.6. The molecule has 0 bridgehead atoms. The number of rotatable bonds is 7. The summed E-state index contributed by atoms with van der Waals surface area (Å²) in [6.45, 7) is 4.37. The summed E-state index contributed by atoms with van der Waals surface area (Å²) in [6.07, 6.45) is 0. The van der Waals surface area contributed by atoms with Crippen molar-refractivity contribution in [3.63, 3.8) is 0 Å². The van der Waals surface area contributed by atoms with Crippen LogP contribution in [0.25, 0.3) is 0 Å². The number of nitrogens with one attached hydrogen (secondary N) is 1. The quantitative estimate of drug-likeness (QED) is 0.625. The fraction of sp³-hybridized carbons (Fsp3) is 0.208. The van der Waals surface area contributed by atoms with Crippen LogP contribution in [0.3, 0.4) is 0 Å². The van der Waals surface area contributed by atoms with Crippen molar-refractivity contribution in [3.05, 3.63) is 101 Å². The number of carbonyl (C=O) groups excluding carboxylic acids is 1. The fourth-order valence-electron chi connectivity index (χ4n) is 3.13. The Labute approximate surface area is 178 Å². The van der Waals surface area contributed by atoms with Gasteiger partial charge in [0.1, 0.15) is 0 Å². The Morgan fingerprint density at radius 2 is 1.57 bits per heavy atom. The third kappa shape index (κ3) is 5.34. The van der Waals surface area contributed by atoms with Crippen molar-refractivity contribution in [3.8, 4) is 0 Å². The Hall–Kier alpha value is -2.96. The van der Waals surface area contributed by atoms with E-state index in [1.807, 2.05) is 61.5 Å². The number of hydrogen-bond acceptors (Lipinski definition) is 3. The van der Waals surface area contributed by atoms with Gasteiger partial charge in [-0.05, 0) is 42.7 Å². The van der Waals surface area contributed by atoms with Crippen LogP contribution >= 0.6 is 0 Å². The number of nitrogens with zero attached hydrogens (tertiary/aromatic N) is 1. The molecule has 0 fully saturated rings. The highest BCUT2D eigenvalue weighted by molar-refractivity contribution is 7.89. The first-order valence-corrected chi connectivity index (χ1v) is 11.2. The van der Waals surface area contributed by atoms with Crippen LogP contribution in [-0.4, -0.2) is 26.3 Å². The molecule has 30 heavy (non-hydrogen) atoms. The van der Waals surface area contributed by atoms with Gasteiger partial charge >= 0.3 is 0 Å². The maximum absolute atomic E-state index is 12.9. The van der Waals surface area contributed by atoms with Gasteiger partial charge in [-0.25, -0.2) is 13.1 Å². The number of sulfonamides is 1. The molecule has 0 aliphatic rings. The molecule has 0 atom stereocenters. The Morgan fingerprint density at radius 1 is 0.900 bits per heavy atom. The minimum atomic E-state index is -3.76. The van der Waals surface area contributed by atoms with Crippen molar-refractivity contribution in [1.82, 2.24) is 9.62 Å². The lowest BCUT2D eigenvalue weighted by Crippen LogP contribution is -2.27. The monoisotopic (exact) mass is 422 g/mol. The predicted molar refractivity (Wildman–Crippen MR) is 119 cm³/mol. The smallest absolute Gasteiger partial charge is 0.253 e. The highest BCUT2D eigenvalue weighted by Gasteiger charge is 2.20. The average Bonchev–Trinajstić information content (AvgIpc) is 2.74. The minimum absolute atomic E-state index is 0.119. The second-order valence-corrected chi connectivity index (χ2v) is 9.17.